The molecule has 0 aromatic carbocycles. The molecule has 0 bridgehead atoms. The fourth-order valence-corrected chi connectivity index (χ4v) is 4.37. The zero-order valence-electron chi connectivity index (χ0n) is 13.1. The van der Waals surface area contributed by atoms with Crippen molar-refractivity contribution < 1.29 is 0 Å². The van der Waals surface area contributed by atoms with Gasteiger partial charge in [0.1, 0.15) is 0 Å². The average Bonchev–Trinajstić information content (AvgIpc) is 2.08. The summed E-state index contributed by atoms with van der Waals surface area (Å²) < 4.78 is 0. The monoisotopic (exact) mass is 239 g/mol. The van der Waals surface area contributed by atoms with Gasteiger partial charge in [-0.1, -0.05) is 48.5 Å². The Labute approximate surface area is 109 Å². The molecule has 0 aromatic rings. The summed E-state index contributed by atoms with van der Waals surface area (Å²) in [4.78, 5) is 0. The lowest BCUT2D eigenvalue weighted by molar-refractivity contribution is 0.0407. The lowest BCUT2D eigenvalue weighted by atomic mass is 9.59. The van der Waals surface area contributed by atoms with Crippen molar-refractivity contribution in [3.8, 4) is 0 Å². The van der Waals surface area contributed by atoms with E-state index in [1.54, 1.807) is 0 Å². The SMILES string of the molecule is CCNC(C(C)C)C1CC(C)(C)CC(C)(C)C1. The normalized spacial score (nSPS) is 26.1. The van der Waals surface area contributed by atoms with Gasteiger partial charge < -0.3 is 5.32 Å². The van der Waals surface area contributed by atoms with E-state index in [1.807, 2.05) is 0 Å². The van der Waals surface area contributed by atoms with Crippen molar-refractivity contribution in [1.29, 1.82) is 0 Å². The smallest absolute Gasteiger partial charge is 0.0119 e. The van der Waals surface area contributed by atoms with Gasteiger partial charge in [-0.05, 0) is 48.5 Å². The second-order valence-corrected chi connectivity index (χ2v) is 8.00. The molecule has 1 rings (SSSR count). The molecule has 0 aliphatic heterocycles. The molecule has 1 unspecified atom stereocenters. The van der Waals surface area contributed by atoms with Gasteiger partial charge in [-0.15, -0.1) is 0 Å². The molecule has 102 valence electrons. The maximum absolute atomic E-state index is 3.73. The van der Waals surface area contributed by atoms with Crippen molar-refractivity contribution in [2.75, 3.05) is 6.54 Å². The summed E-state index contributed by atoms with van der Waals surface area (Å²) in [6.45, 7) is 17.8. The third-order valence-corrected chi connectivity index (χ3v) is 4.25. The van der Waals surface area contributed by atoms with Crippen molar-refractivity contribution in [2.24, 2.45) is 22.7 Å². The van der Waals surface area contributed by atoms with Crippen LogP contribution >= 0.6 is 0 Å². The van der Waals surface area contributed by atoms with Gasteiger partial charge in [0.15, 0.2) is 0 Å². The maximum Gasteiger partial charge on any atom is 0.0119 e. The van der Waals surface area contributed by atoms with Crippen LogP contribution in [0.25, 0.3) is 0 Å². The average molecular weight is 239 g/mol. The van der Waals surface area contributed by atoms with Gasteiger partial charge in [0.05, 0.1) is 0 Å². The highest BCUT2D eigenvalue weighted by Crippen LogP contribution is 2.49. The van der Waals surface area contributed by atoms with Crippen molar-refractivity contribution in [3.63, 3.8) is 0 Å². The zero-order valence-corrected chi connectivity index (χ0v) is 13.1. The van der Waals surface area contributed by atoms with Crippen molar-refractivity contribution in [1.82, 2.24) is 5.32 Å². The molecular formula is C16H33N. The van der Waals surface area contributed by atoms with Gasteiger partial charge in [-0.3, -0.25) is 0 Å². The van der Waals surface area contributed by atoms with Crippen LogP contribution in [0.3, 0.4) is 0 Å². The molecule has 1 heteroatoms. The Hall–Kier alpha value is -0.0400. The minimum atomic E-state index is 0.509. The molecule has 0 radical (unpaired) electrons. The second-order valence-electron chi connectivity index (χ2n) is 8.00. The Balaban J connectivity index is 2.80. The third-order valence-electron chi connectivity index (χ3n) is 4.25. The van der Waals surface area contributed by atoms with Crippen molar-refractivity contribution >= 4 is 0 Å². The van der Waals surface area contributed by atoms with Crippen LogP contribution in [-0.4, -0.2) is 12.6 Å². The van der Waals surface area contributed by atoms with Crippen LogP contribution in [0.15, 0.2) is 0 Å². The Morgan fingerprint density at radius 3 is 1.88 bits per heavy atom. The first-order valence-electron chi connectivity index (χ1n) is 7.40. The summed E-state index contributed by atoms with van der Waals surface area (Å²) in [6, 6.07) is 0.693. The minimum absolute atomic E-state index is 0.509. The van der Waals surface area contributed by atoms with E-state index >= 15 is 0 Å². The van der Waals surface area contributed by atoms with E-state index in [9.17, 15) is 0 Å². The summed E-state index contributed by atoms with van der Waals surface area (Å²) in [5.74, 6) is 1.58. The molecule has 1 atom stereocenters. The molecule has 0 aromatic heterocycles. The molecule has 0 amide bonds. The fraction of sp³-hybridized carbons (Fsp3) is 1.00. The van der Waals surface area contributed by atoms with Crippen LogP contribution in [0.5, 0.6) is 0 Å². The van der Waals surface area contributed by atoms with Crippen LogP contribution in [0.4, 0.5) is 0 Å². The summed E-state index contributed by atoms with van der Waals surface area (Å²) in [7, 11) is 0. The summed E-state index contributed by atoms with van der Waals surface area (Å²) in [5, 5.41) is 3.73. The molecule has 1 saturated carbocycles. The van der Waals surface area contributed by atoms with E-state index in [0.717, 1.165) is 18.4 Å². The van der Waals surface area contributed by atoms with Crippen LogP contribution in [0.1, 0.15) is 67.7 Å². The Morgan fingerprint density at radius 2 is 1.53 bits per heavy atom. The van der Waals surface area contributed by atoms with Gasteiger partial charge in [0.2, 0.25) is 0 Å². The first kappa shape index (κ1) is 15.0. The topological polar surface area (TPSA) is 12.0 Å². The largest absolute Gasteiger partial charge is 0.314 e. The van der Waals surface area contributed by atoms with E-state index in [2.05, 4.69) is 53.8 Å². The molecule has 1 aliphatic rings. The lowest BCUT2D eigenvalue weighted by Crippen LogP contribution is -2.46. The number of hydrogen-bond donors (Lipinski definition) is 1. The van der Waals surface area contributed by atoms with Crippen molar-refractivity contribution in [3.05, 3.63) is 0 Å². The van der Waals surface area contributed by atoms with Gasteiger partial charge >= 0.3 is 0 Å². The zero-order chi connectivity index (χ0) is 13.3. The molecule has 1 aliphatic carbocycles. The van der Waals surface area contributed by atoms with Crippen LogP contribution < -0.4 is 5.32 Å². The Morgan fingerprint density at radius 1 is 1.06 bits per heavy atom. The molecule has 1 nitrogen and oxygen atoms in total. The van der Waals surface area contributed by atoms with Crippen LogP contribution in [0, 0.1) is 22.7 Å². The Bertz CT molecular complexity index is 224. The van der Waals surface area contributed by atoms with E-state index in [-0.39, 0.29) is 0 Å². The van der Waals surface area contributed by atoms with Gasteiger partial charge in [-0.25, -0.2) is 0 Å². The van der Waals surface area contributed by atoms with E-state index < -0.39 is 0 Å². The quantitative estimate of drug-likeness (QED) is 0.763. The molecular weight excluding hydrogens is 206 g/mol. The highest BCUT2D eigenvalue weighted by atomic mass is 14.9. The third kappa shape index (κ3) is 4.28. The summed E-state index contributed by atoms with van der Waals surface area (Å²) in [6.07, 6.45) is 4.13. The van der Waals surface area contributed by atoms with Crippen LogP contribution in [-0.2, 0) is 0 Å². The second kappa shape index (κ2) is 5.30. The standard InChI is InChI=1S/C16H33N/c1-8-17-14(12(2)3)13-9-15(4,5)11-16(6,7)10-13/h12-14,17H,8-11H2,1-7H3. The lowest BCUT2D eigenvalue weighted by Gasteiger charge is -2.48. The number of hydrogen-bond acceptors (Lipinski definition) is 1. The van der Waals surface area contributed by atoms with Gasteiger partial charge in [-0.2, -0.15) is 0 Å². The highest BCUT2D eigenvalue weighted by molar-refractivity contribution is 4.94. The molecule has 0 heterocycles. The minimum Gasteiger partial charge on any atom is -0.314 e. The summed E-state index contributed by atoms with van der Waals surface area (Å²) in [5.41, 5.74) is 1.02. The first-order valence-corrected chi connectivity index (χ1v) is 7.40. The van der Waals surface area contributed by atoms with Crippen LogP contribution in [0.2, 0.25) is 0 Å². The van der Waals surface area contributed by atoms with E-state index in [0.29, 0.717) is 16.9 Å². The number of nitrogens with one attached hydrogen (secondary N) is 1. The molecule has 17 heavy (non-hydrogen) atoms. The van der Waals surface area contributed by atoms with Gasteiger partial charge in [0, 0.05) is 6.04 Å². The first-order chi connectivity index (χ1) is 7.67. The predicted molar refractivity (Wildman–Crippen MR) is 77.2 cm³/mol. The fourth-order valence-electron chi connectivity index (χ4n) is 4.37. The Kier molecular flexibility index (Phi) is 4.68. The summed E-state index contributed by atoms with van der Waals surface area (Å²) >= 11 is 0. The molecule has 0 spiro atoms. The molecule has 1 fully saturated rings. The number of rotatable bonds is 4. The molecule has 0 saturated heterocycles. The van der Waals surface area contributed by atoms with E-state index in [4.69, 9.17) is 0 Å². The van der Waals surface area contributed by atoms with Crippen molar-refractivity contribution in [2.45, 2.75) is 73.8 Å². The van der Waals surface area contributed by atoms with Gasteiger partial charge in [0.25, 0.3) is 0 Å². The van der Waals surface area contributed by atoms with E-state index in [1.165, 1.54) is 19.3 Å². The predicted octanol–water partition coefficient (Wildman–Crippen LogP) is 4.47. The molecule has 1 N–H and O–H groups in total. The maximum atomic E-state index is 3.73. The highest BCUT2D eigenvalue weighted by Gasteiger charge is 2.41.